The molecule has 5 heteroatoms. The van der Waals surface area contributed by atoms with Gasteiger partial charge in [0.05, 0.1) is 22.8 Å². The lowest BCUT2D eigenvalue weighted by atomic mass is 9.74. The number of fused-ring (bicyclic) bond motifs is 1. The molecule has 1 aromatic carbocycles. The molecule has 0 aliphatic carbocycles. The quantitative estimate of drug-likeness (QED) is 0.791. The molecule has 4 nitrogen and oxygen atoms in total. The first-order valence-corrected chi connectivity index (χ1v) is 7.00. The minimum atomic E-state index is -0.401. The molecule has 2 aliphatic heterocycles. The molecule has 1 fully saturated rings. The third kappa shape index (κ3) is 1.91. The van der Waals surface area contributed by atoms with E-state index in [4.69, 9.17) is 9.31 Å². The number of anilines is 1. The van der Waals surface area contributed by atoms with Crippen molar-refractivity contribution < 1.29 is 9.31 Å². The van der Waals surface area contributed by atoms with Crippen molar-refractivity contribution in [3.05, 3.63) is 23.3 Å². The van der Waals surface area contributed by atoms with Gasteiger partial charge < -0.3 is 14.6 Å². The average molecular weight is 270 g/mol. The fourth-order valence-corrected chi connectivity index (χ4v) is 2.70. The van der Waals surface area contributed by atoms with Crippen LogP contribution < -0.4 is 10.8 Å². The molecule has 0 bridgehead atoms. The highest BCUT2D eigenvalue weighted by Gasteiger charge is 2.52. The summed E-state index contributed by atoms with van der Waals surface area (Å²) in [6.45, 7) is 9.06. The van der Waals surface area contributed by atoms with Gasteiger partial charge in [0.1, 0.15) is 0 Å². The molecule has 0 unspecified atom stereocenters. The second-order valence-corrected chi connectivity index (χ2v) is 6.47. The number of nitriles is 1. The summed E-state index contributed by atoms with van der Waals surface area (Å²) in [5.41, 5.74) is 3.15. The molecule has 0 amide bonds. The van der Waals surface area contributed by atoms with Crippen LogP contribution in [0.2, 0.25) is 0 Å². The van der Waals surface area contributed by atoms with Crippen LogP contribution in [-0.4, -0.2) is 24.9 Å². The summed E-state index contributed by atoms with van der Waals surface area (Å²) in [7, 11) is -0.401. The lowest BCUT2D eigenvalue weighted by molar-refractivity contribution is 0.00578. The van der Waals surface area contributed by atoms with Crippen LogP contribution in [-0.2, 0) is 15.7 Å². The van der Waals surface area contributed by atoms with E-state index in [1.165, 1.54) is 5.56 Å². The van der Waals surface area contributed by atoms with Gasteiger partial charge in [-0.1, -0.05) is 0 Å². The largest absolute Gasteiger partial charge is 0.495 e. The van der Waals surface area contributed by atoms with Gasteiger partial charge in [0, 0.05) is 12.2 Å². The van der Waals surface area contributed by atoms with Crippen LogP contribution in [0.3, 0.4) is 0 Å². The van der Waals surface area contributed by atoms with Gasteiger partial charge in [-0.05, 0) is 57.3 Å². The van der Waals surface area contributed by atoms with E-state index in [0.29, 0.717) is 5.56 Å². The zero-order chi connectivity index (χ0) is 14.5. The van der Waals surface area contributed by atoms with E-state index in [2.05, 4.69) is 11.4 Å². The molecule has 104 valence electrons. The Hall–Kier alpha value is -1.51. The molecule has 0 spiro atoms. The summed E-state index contributed by atoms with van der Waals surface area (Å²) in [6.07, 6.45) is 0.945. The van der Waals surface area contributed by atoms with Crippen molar-refractivity contribution in [1.29, 1.82) is 5.26 Å². The summed E-state index contributed by atoms with van der Waals surface area (Å²) in [5.74, 6) is 0. The summed E-state index contributed by atoms with van der Waals surface area (Å²) in [6, 6.07) is 6.01. The summed E-state index contributed by atoms with van der Waals surface area (Å²) in [4.78, 5) is 0. The van der Waals surface area contributed by atoms with Crippen molar-refractivity contribution in [2.24, 2.45) is 0 Å². The Morgan fingerprint density at radius 3 is 2.45 bits per heavy atom. The van der Waals surface area contributed by atoms with Crippen molar-refractivity contribution in [2.75, 3.05) is 11.9 Å². The fraction of sp³-hybridized carbons (Fsp3) is 0.533. The Morgan fingerprint density at radius 2 is 1.85 bits per heavy atom. The molecule has 1 saturated heterocycles. The summed E-state index contributed by atoms with van der Waals surface area (Å²) < 4.78 is 12.2. The Morgan fingerprint density at radius 1 is 1.20 bits per heavy atom. The van der Waals surface area contributed by atoms with Gasteiger partial charge in [-0.15, -0.1) is 0 Å². The second-order valence-electron chi connectivity index (χ2n) is 6.47. The molecule has 0 radical (unpaired) electrons. The first kappa shape index (κ1) is 13.5. The molecule has 20 heavy (non-hydrogen) atoms. The van der Waals surface area contributed by atoms with Gasteiger partial charge in [0.15, 0.2) is 0 Å². The lowest BCUT2D eigenvalue weighted by Crippen LogP contribution is -2.41. The topological polar surface area (TPSA) is 54.3 Å². The number of rotatable bonds is 1. The third-order valence-electron chi connectivity index (χ3n) is 4.61. The Kier molecular flexibility index (Phi) is 2.86. The number of nitrogens with one attached hydrogen (secondary N) is 1. The molecule has 2 heterocycles. The van der Waals surface area contributed by atoms with E-state index >= 15 is 0 Å². The Labute approximate surface area is 120 Å². The minimum absolute atomic E-state index is 0.362. The van der Waals surface area contributed by atoms with Gasteiger partial charge in [0.25, 0.3) is 0 Å². The third-order valence-corrected chi connectivity index (χ3v) is 4.61. The molecule has 0 saturated carbocycles. The minimum Gasteiger partial charge on any atom is -0.399 e. The molecular weight excluding hydrogens is 251 g/mol. The monoisotopic (exact) mass is 270 g/mol. The van der Waals surface area contributed by atoms with E-state index in [1.54, 1.807) is 0 Å². The van der Waals surface area contributed by atoms with Crippen LogP contribution >= 0.6 is 0 Å². The number of hydrogen-bond donors (Lipinski definition) is 1. The standard InChI is InChI=1S/C15H19BN2O2/c1-14(2)15(3,4)20-16(19-14)12-7-10(9-17)8-13-11(12)5-6-18-13/h7-8,18H,5-6H2,1-4H3. The van der Waals surface area contributed by atoms with Crippen molar-refractivity contribution in [3.63, 3.8) is 0 Å². The van der Waals surface area contributed by atoms with Gasteiger partial charge in [-0.3, -0.25) is 0 Å². The van der Waals surface area contributed by atoms with E-state index < -0.39 is 7.12 Å². The van der Waals surface area contributed by atoms with Crippen molar-refractivity contribution in [2.45, 2.75) is 45.3 Å². The fourth-order valence-electron chi connectivity index (χ4n) is 2.70. The van der Waals surface area contributed by atoms with Crippen LogP contribution in [0.25, 0.3) is 0 Å². The Bertz CT molecular complexity index is 589. The van der Waals surface area contributed by atoms with Gasteiger partial charge in [0.2, 0.25) is 0 Å². The smallest absolute Gasteiger partial charge is 0.399 e. The first-order chi connectivity index (χ1) is 9.34. The zero-order valence-electron chi connectivity index (χ0n) is 12.4. The zero-order valence-corrected chi connectivity index (χ0v) is 12.4. The summed E-state index contributed by atoms with van der Waals surface area (Å²) >= 11 is 0. The van der Waals surface area contributed by atoms with Crippen molar-refractivity contribution in [1.82, 2.24) is 0 Å². The van der Waals surface area contributed by atoms with E-state index in [1.807, 2.05) is 39.8 Å². The van der Waals surface area contributed by atoms with Gasteiger partial charge in [-0.25, -0.2) is 0 Å². The highest BCUT2D eigenvalue weighted by molar-refractivity contribution is 6.63. The molecule has 0 atom stereocenters. The second kappa shape index (κ2) is 4.24. The van der Waals surface area contributed by atoms with Gasteiger partial charge in [-0.2, -0.15) is 5.26 Å². The van der Waals surface area contributed by atoms with E-state index in [9.17, 15) is 5.26 Å². The maximum atomic E-state index is 9.18. The highest BCUT2D eigenvalue weighted by Crippen LogP contribution is 2.37. The van der Waals surface area contributed by atoms with E-state index in [0.717, 1.165) is 24.1 Å². The Balaban J connectivity index is 2.04. The average Bonchev–Trinajstić information content (AvgIpc) is 2.90. The van der Waals surface area contributed by atoms with Crippen LogP contribution in [0.5, 0.6) is 0 Å². The number of nitrogens with zero attached hydrogens (tertiary/aromatic N) is 1. The molecular formula is C15H19BN2O2. The van der Waals surface area contributed by atoms with Crippen molar-refractivity contribution >= 4 is 18.3 Å². The van der Waals surface area contributed by atoms with Crippen LogP contribution in [0.15, 0.2) is 12.1 Å². The SMILES string of the molecule is CC1(C)OB(c2cc(C#N)cc3c2CCN3)OC1(C)C. The molecule has 3 rings (SSSR count). The lowest BCUT2D eigenvalue weighted by Gasteiger charge is -2.32. The summed E-state index contributed by atoms with van der Waals surface area (Å²) in [5, 5.41) is 12.5. The van der Waals surface area contributed by atoms with Gasteiger partial charge >= 0.3 is 7.12 Å². The predicted molar refractivity (Wildman–Crippen MR) is 79.1 cm³/mol. The van der Waals surface area contributed by atoms with Crippen LogP contribution in [0, 0.1) is 11.3 Å². The molecule has 1 N–H and O–H groups in total. The predicted octanol–water partition coefficient (Wildman–Crippen LogP) is 1.83. The molecule has 2 aliphatic rings. The maximum Gasteiger partial charge on any atom is 0.495 e. The highest BCUT2D eigenvalue weighted by atomic mass is 16.7. The molecule has 0 aromatic heterocycles. The number of benzene rings is 1. The first-order valence-electron chi connectivity index (χ1n) is 7.00. The van der Waals surface area contributed by atoms with Crippen LogP contribution in [0.4, 0.5) is 5.69 Å². The van der Waals surface area contributed by atoms with E-state index in [-0.39, 0.29) is 11.2 Å². The van der Waals surface area contributed by atoms with Crippen LogP contribution in [0.1, 0.15) is 38.8 Å². The van der Waals surface area contributed by atoms with Crippen molar-refractivity contribution in [3.8, 4) is 6.07 Å². The maximum absolute atomic E-state index is 9.18. The number of hydrogen-bond acceptors (Lipinski definition) is 4. The normalized spacial score (nSPS) is 22.2. The molecule has 1 aromatic rings.